The molecule has 112 valence electrons. The summed E-state index contributed by atoms with van der Waals surface area (Å²) in [7, 11) is 1.58. The van der Waals surface area contributed by atoms with Crippen LogP contribution in [0.15, 0.2) is 24.3 Å². The van der Waals surface area contributed by atoms with Gasteiger partial charge in [0.15, 0.2) is 0 Å². The summed E-state index contributed by atoms with van der Waals surface area (Å²) in [4.78, 5) is 10.5. The molecule has 0 saturated heterocycles. The lowest BCUT2D eigenvalue weighted by molar-refractivity contribution is -0.384. The fourth-order valence-corrected chi connectivity index (χ4v) is 2.06. The topological polar surface area (TPSA) is 93.2 Å². The van der Waals surface area contributed by atoms with E-state index in [1.165, 1.54) is 28.9 Å². The van der Waals surface area contributed by atoms with Gasteiger partial charge in [0.2, 0.25) is 5.82 Å². The third kappa shape index (κ3) is 3.16. The molecule has 0 bridgehead atoms. The van der Waals surface area contributed by atoms with Gasteiger partial charge in [-0.15, -0.1) is 0 Å². The normalized spacial score (nSPS) is 12.2. The predicted molar refractivity (Wildman–Crippen MR) is 74.4 cm³/mol. The Morgan fingerprint density at radius 1 is 1.48 bits per heavy atom. The molecule has 21 heavy (non-hydrogen) atoms. The van der Waals surface area contributed by atoms with Gasteiger partial charge in [0, 0.05) is 13.6 Å². The lowest BCUT2D eigenvalue weighted by Crippen LogP contribution is -2.15. The molecule has 0 fully saturated rings. The third-order valence-electron chi connectivity index (χ3n) is 3.09. The first kappa shape index (κ1) is 14.9. The molecule has 0 aliphatic rings. The van der Waals surface area contributed by atoms with Crippen molar-refractivity contribution in [2.24, 2.45) is 7.05 Å². The zero-order valence-corrected chi connectivity index (χ0v) is 11.6. The van der Waals surface area contributed by atoms with Crippen LogP contribution in [-0.4, -0.2) is 26.4 Å². The molecular formula is C13H15FN4O3. The number of nitro groups is 1. The Kier molecular flexibility index (Phi) is 4.18. The van der Waals surface area contributed by atoms with Crippen LogP contribution < -0.4 is 5.32 Å². The van der Waals surface area contributed by atoms with Gasteiger partial charge in [-0.05, 0) is 24.6 Å². The summed E-state index contributed by atoms with van der Waals surface area (Å²) in [6, 6.07) is 5.42. The Balaban J connectivity index is 2.13. The Morgan fingerprint density at radius 2 is 2.10 bits per heavy atom. The number of nitrogens with zero attached hydrogens (tertiary/aromatic N) is 3. The molecule has 0 saturated carbocycles. The second kappa shape index (κ2) is 5.88. The van der Waals surface area contributed by atoms with Crippen molar-refractivity contribution in [3.8, 4) is 0 Å². The summed E-state index contributed by atoms with van der Waals surface area (Å²) in [5.74, 6) is -0.171. The zero-order valence-electron chi connectivity index (χ0n) is 11.6. The van der Waals surface area contributed by atoms with Crippen molar-refractivity contribution in [3.05, 3.63) is 51.5 Å². The molecule has 7 nitrogen and oxygen atoms in total. The average Bonchev–Trinajstić information content (AvgIpc) is 2.71. The van der Waals surface area contributed by atoms with Gasteiger partial charge in [0.05, 0.1) is 11.0 Å². The molecule has 2 rings (SSSR count). The zero-order chi connectivity index (χ0) is 15.6. The first-order chi connectivity index (χ1) is 9.90. The molecule has 2 N–H and O–H groups in total. The summed E-state index contributed by atoms with van der Waals surface area (Å²) >= 11 is 0. The highest BCUT2D eigenvalue weighted by molar-refractivity contribution is 5.59. The maximum atomic E-state index is 12.8. The van der Waals surface area contributed by atoms with E-state index in [1.54, 1.807) is 14.0 Å². The number of halogens is 1. The Bertz CT molecular complexity index is 654. The number of aliphatic hydroxyl groups is 1. The van der Waals surface area contributed by atoms with E-state index < -0.39 is 16.8 Å². The minimum absolute atomic E-state index is 0.0471. The largest absolute Gasteiger partial charge is 0.387 e. The molecule has 1 heterocycles. The number of anilines is 1. The summed E-state index contributed by atoms with van der Waals surface area (Å²) in [6.45, 7) is 1.59. The van der Waals surface area contributed by atoms with Crippen LogP contribution in [0.5, 0.6) is 0 Å². The van der Waals surface area contributed by atoms with Gasteiger partial charge in [-0.3, -0.25) is 10.1 Å². The second-order valence-corrected chi connectivity index (χ2v) is 4.61. The molecule has 0 aliphatic heterocycles. The van der Waals surface area contributed by atoms with Crippen molar-refractivity contribution >= 4 is 11.5 Å². The van der Waals surface area contributed by atoms with Crippen molar-refractivity contribution in [2.45, 2.75) is 13.0 Å². The van der Waals surface area contributed by atoms with Crippen LogP contribution >= 0.6 is 0 Å². The second-order valence-electron chi connectivity index (χ2n) is 4.61. The van der Waals surface area contributed by atoms with Crippen LogP contribution in [0.25, 0.3) is 0 Å². The van der Waals surface area contributed by atoms with Gasteiger partial charge in [0.25, 0.3) is 0 Å². The van der Waals surface area contributed by atoms with E-state index in [-0.39, 0.29) is 18.1 Å². The number of aryl methyl sites for hydroxylation is 2. The molecule has 1 atom stereocenters. The highest BCUT2D eigenvalue weighted by Gasteiger charge is 2.24. The molecule has 2 aromatic rings. The van der Waals surface area contributed by atoms with E-state index >= 15 is 0 Å². The smallest absolute Gasteiger partial charge is 0.333 e. The average molecular weight is 294 g/mol. The molecule has 0 radical (unpaired) electrons. The lowest BCUT2D eigenvalue weighted by atomic mass is 10.1. The minimum Gasteiger partial charge on any atom is -0.387 e. The van der Waals surface area contributed by atoms with Crippen molar-refractivity contribution in [2.75, 3.05) is 11.9 Å². The minimum atomic E-state index is -0.916. The third-order valence-corrected chi connectivity index (χ3v) is 3.09. The molecule has 0 amide bonds. The number of aromatic nitrogens is 2. The highest BCUT2D eigenvalue weighted by atomic mass is 19.1. The standard InChI is InChI=1S/C13H15FN4O3/c1-8-12(18(20)21)13(17(2)16-8)15-7-11(19)9-3-5-10(14)6-4-9/h3-6,11,15,19H,7H2,1-2H3. The van der Waals surface area contributed by atoms with Gasteiger partial charge in [-0.1, -0.05) is 12.1 Å². The quantitative estimate of drug-likeness (QED) is 0.649. The summed E-state index contributed by atoms with van der Waals surface area (Å²) in [5.41, 5.74) is 0.690. The van der Waals surface area contributed by atoms with Crippen molar-refractivity contribution < 1.29 is 14.4 Å². The van der Waals surface area contributed by atoms with Crippen LogP contribution in [0.1, 0.15) is 17.4 Å². The number of benzene rings is 1. The Hall–Kier alpha value is -2.48. The fourth-order valence-electron chi connectivity index (χ4n) is 2.06. The monoisotopic (exact) mass is 294 g/mol. The van der Waals surface area contributed by atoms with Crippen molar-refractivity contribution in [3.63, 3.8) is 0 Å². The summed E-state index contributed by atoms with van der Waals surface area (Å²) < 4.78 is 14.2. The first-order valence-electron chi connectivity index (χ1n) is 6.25. The van der Waals surface area contributed by atoms with E-state index in [0.717, 1.165) is 0 Å². The fraction of sp³-hybridized carbons (Fsp3) is 0.308. The van der Waals surface area contributed by atoms with Crippen LogP contribution in [0, 0.1) is 22.9 Å². The van der Waals surface area contributed by atoms with Crippen molar-refractivity contribution in [1.29, 1.82) is 0 Å². The van der Waals surface area contributed by atoms with Gasteiger partial charge in [-0.2, -0.15) is 5.10 Å². The van der Waals surface area contributed by atoms with E-state index in [0.29, 0.717) is 11.3 Å². The van der Waals surface area contributed by atoms with Crippen LogP contribution in [0.4, 0.5) is 15.9 Å². The molecule has 0 spiro atoms. The van der Waals surface area contributed by atoms with Crippen LogP contribution in [0.2, 0.25) is 0 Å². The molecular weight excluding hydrogens is 279 g/mol. The number of rotatable bonds is 5. The summed E-state index contributed by atoms with van der Waals surface area (Å²) in [5, 5.41) is 27.8. The number of nitrogens with one attached hydrogen (secondary N) is 1. The van der Waals surface area contributed by atoms with E-state index in [4.69, 9.17) is 0 Å². The van der Waals surface area contributed by atoms with E-state index in [9.17, 15) is 19.6 Å². The van der Waals surface area contributed by atoms with E-state index in [1.807, 2.05) is 0 Å². The van der Waals surface area contributed by atoms with Crippen molar-refractivity contribution in [1.82, 2.24) is 9.78 Å². The molecule has 1 aromatic heterocycles. The van der Waals surface area contributed by atoms with Gasteiger partial charge >= 0.3 is 5.69 Å². The SMILES string of the molecule is Cc1nn(C)c(NCC(O)c2ccc(F)cc2)c1[N+](=O)[O-]. The maximum absolute atomic E-state index is 12.8. The predicted octanol–water partition coefficient (Wildman–Crippen LogP) is 1.92. The number of hydrogen-bond acceptors (Lipinski definition) is 5. The van der Waals surface area contributed by atoms with E-state index in [2.05, 4.69) is 10.4 Å². The number of hydrogen-bond donors (Lipinski definition) is 2. The summed E-state index contributed by atoms with van der Waals surface area (Å²) in [6.07, 6.45) is -0.916. The Labute approximate surface area is 120 Å². The highest BCUT2D eigenvalue weighted by Crippen LogP contribution is 2.27. The van der Waals surface area contributed by atoms with Gasteiger partial charge in [0.1, 0.15) is 11.5 Å². The first-order valence-corrected chi connectivity index (χ1v) is 6.25. The lowest BCUT2D eigenvalue weighted by Gasteiger charge is -2.12. The molecule has 1 aromatic carbocycles. The van der Waals surface area contributed by atoms with Gasteiger partial charge in [-0.25, -0.2) is 9.07 Å². The molecule has 8 heteroatoms. The Morgan fingerprint density at radius 3 is 2.67 bits per heavy atom. The van der Waals surface area contributed by atoms with Crippen LogP contribution in [0.3, 0.4) is 0 Å². The molecule has 0 aliphatic carbocycles. The van der Waals surface area contributed by atoms with Gasteiger partial charge < -0.3 is 10.4 Å². The molecule has 1 unspecified atom stereocenters. The number of aliphatic hydroxyl groups excluding tert-OH is 1. The van der Waals surface area contributed by atoms with Crippen LogP contribution in [-0.2, 0) is 7.05 Å². The maximum Gasteiger partial charge on any atom is 0.333 e.